The van der Waals surface area contributed by atoms with E-state index in [0.717, 1.165) is 30.6 Å². The van der Waals surface area contributed by atoms with Crippen LogP contribution < -0.4 is 9.62 Å². The fourth-order valence-electron chi connectivity index (χ4n) is 2.81. The minimum atomic E-state index is -3.54. The highest BCUT2D eigenvalue weighted by atomic mass is 32.2. The van der Waals surface area contributed by atoms with Gasteiger partial charge in [0.1, 0.15) is 10.7 Å². The zero-order valence-corrected chi connectivity index (χ0v) is 13.7. The van der Waals surface area contributed by atoms with Crippen molar-refractivity contribution in [3.63, 3.8) is 0 Å². The predicted octanol–water partition coefficient (Wildman–Crippen LogP) is 1.29. The molecule has 1 aliphatic rings. The van der Waals surface area contributed by atoms with Crippen LogP contribution in [0, 0.1) is 5.82 Å². The maximum atomic E-state index is 13.3. The Morgan fingerprint density at radius 3 is 2.96 bits per heavy atom. The topological polar surface area (TPSA) is 67.2 Å². The van der Waals surface area contributed by atoms with Crippen LogP contribution in [0.4, 0.5) is 10.1 Å². The molecule has 23 heavy (non-hydrogen) atoms. The van der Waals surface area contributed by atoms with Gasteiger partial charge in [-0.2, -0.15) is 5.10 Å². The van der Waals surface area contributed by atoms with Gasteiger partial charge in [-0.15, -0.1) is 0 Å². The predicted molar refractivity (Wildman–Crippen MR) is 85.3 cm³/mol. The van der Waals surface area contributed by atoms with Crippen LogP contribution >= 0.6 is 0 Å². The summed E-state index contributed by atoms with van der Waals surface area (Å²) >= 11 is 0. The first-order valence-electron chi connectivity index (χ1n) is 7.47. The summed E-state index contributed by atoms with van der Waals surface area (Å²) < 4.78 is 41.6. The van der Waals surface area contributed by atoms with E-state index in [1.54, 1.807) is 19.2 Å². The number of nitrogens with zero attached hydrogens (tertiary/aromatic N) is 3. The second-order valence-corrected chi connectivity index (χ2v) is 7.38. The Morgan fingerprint density at radius 2 is 2.22 bits per heavy atom. The van der Waals surface area contributed by atoms with Crippen LogP contribution in [0.25, 0.3) is 0 Å². The lowest BCUT2D eigenvalue weighted by atomic mass is 10.0. The van der Waals surface area contributed by atoms with Crippen LogP contribution in [0.5, 0.6) is 0 Å². The van der Waals surface area contributed by atoms with Crippen molar-refractivity contribution in [3.8, 4) is 0 Å². The summed E-state index contributed by atoms with van der Waals surface area (Å²) in [6.07, 6.45) is 4.57. The molecule has 0 saturated heterocycles. The highest BCUT2D eigenvalue weighted by Crippen LogP contribution is 2.27. The van der Waals surface area contributed by atoms with E-state index in [0.29, 0.717) is 6.54 Å². The van der Waals surface area contributed by atoms with Gasteiger partial charge in [0, 0.05) is 38.6 Å². The van der Waals surface area contributed by atoms with Crippen molar-refractivity contribution < 1.29 is 12.8 Å². The Balaban J connectivity index is 1.64. The number of nitrogens with one attached hydrogen (secondary N) is 1. The first-order chi connectivity index (χ1) is 11.0. The maximum Gasteiger partial charge on any atom is 0.243 e. The summed E-state index contributed by atoms with van der Waals surface area (Å²) in [4.78, 5) is 2.24. The summed E-state index contributed by atoms with van der Waals surface area (Å²) in [5.74, 6) is -0.233. The van der Waals surface area contributed by atoms with Crippen molar-refractivity contribution in [1.29, 1.82) is 0 Å². The van der Waals surface area contributed by atoms with Crippen LogP contribution in [-0.2, 0) is 23.5 Å². The number of benzene rings is 1. The van der Waals surface area contributed by atoms with Gasteiger partial charge in [-0.3, -0.25) is 4.68 Å². The molecule has 0 amide bonds. The molecular formula is C15H19FN4O2S. The Bertz CT molecular complexity index is 804. The Morgan fingerprint density at radius 1 is 1.39 bits per heavy atom. The van der Waals surface area contributed by atoms with Gasteiger partial charge in [0.05, 0.1) is 6.20 Å². The number of hydrogen-bond acceptors (Lipinski definition) is 4. The standard InChI is InChI=1S/C15H19FN4O2S/c1-19-11-14(10-17-19)23(21,22)18-6-8-20-7-2-3-12-9-13(16)4-5-15(12)20/h4-5,9-11,18H,2-3,6-8H2,1H3. The number of hydrogen-bond donors (Lipinski definition) is 1. The van der Waals surface area contributed by atoms with Crippen LogP contribution in [0.15, 0.2) is 35.5 Å². The largest absolute Gasteiger partial charge is 0.370 e. The van der Waals surface area contributed by atoms with Crippen LogP contribution in [0.2, 0.25) is 0 Å². The molecule has 3 rings (SSSR count). The van der Waals surface area contributed by atoms with Crippen molar-refractivity contribution in [2.24, 2.45) is 7.05 Å². The third kappa shape index (κ3) is 3.53. The van der Waals surface area contributed by atoms with E-state index in [4.69, 9.17) is 0 Å². The van der Waals surface area contributed by atoms with Crippen molar-refractivity contribution in [2.75, 3.05) is 24.5 Å². The second kappa shape index (κ2) is 6.29. The lowest BCUT2D eigenvalue weighted by molar-refractivity contribution is 0.578. The van der Waals surface area contributed by atoms with Gasteiger partial charge in [0.2, 0.25) is 10.0 Å². The molecule has 1 N–H and O–H groups in total. The molecule has 1 aromatic heterocycles. The van der Waals surface area contributed by atoms with Gasteiger partial charge < -0.3 is 4.90 Å². The molecule has 0 bridgehead atoms. The monoisotopic (exact) mass is 338 g/mol. The Kier molecular flexibility index (Phi) is 4.36. The number of aryl methyl sites for hydroxylation is 2. The molecule has 0 radical (unpaired) electrons. The van der Waals surface area contributed by atoms with Crippen LogP contribution in [-0.4, -0.2) is 37.8 Å². The molecule has 6 nitrogen and oxygen atoms in total. The van der Waals surface area contributed by atoms with E-state index in [-0.39, 0.29) is 17.3 Å². The first kappa shape index (κ1) is 15.9. The number of fused-ring (bicyclic) bond motifs is 1. The molecule has 0 unspecified atom stereocenters. The van der Waals surface area contributed by atoms with E-state index in [1.807, 2.05) is 0 Å². The minimum absolute atomic E-state index is 0.154. The molecule has 1 aliphatic heterocycles. The van der Waals surface area contributed by atoms with Gasteiger partial charge in [0.15, 0.2) is 0 Å². The molecule has 0 spiro atoms. The van der Waals surface area contributed by atoms with E-state index >= 15 is 0 Å². The lowest BCUT2D eigenvalue weighted by Crippen LogP contribution is -2.37. The summed E-state index contributed by atoms with van der Waals surface area (Å²) in [6, 6.07) is 4.76. The molecule has 0 aliphatic carbocycles. The van der Waals surface area contributed by atoms with Crippen molar-refractivity contribution >= 4 is 15.7 Å². The molecule has 0 fully saturated rings. The third-order valence-corrected chi connectivity index (χ3v) is 5.34. The quantitative estimate of drug-likeness (QED) is 0.892. The number of sulfonamides is 1. The molecule has 8 heteroatoms. The summed E-state index contributed by atoms with van der Waals surface area (Å²) in [5.41, 5.74) is 1.96. The van der Waals surface area contributed by atoms with E-state index in [2.05, 4.69) is 14.7 Å². The molecule has 0 atom stereocenters. The van der Waals surface area contributed by atoms with Crippen molar-refractivity contribution in [2.45, 2.75) is 17.7 Å². The highest BCUT2D eigenvalue weighted by Gasteiger charge is 2.19. The average Bonchev–Trinajstić information content (AvgIpc) is 2.94. The SMILES string of the molecule is Cn1cc(S(=O)(=O)NCCN2CCCc3cc(F)ccc32)cn1. The Labute approximate surface area is 135 Å². The van der Waals surface area contributed by atoms with Gasteiger partial charge in [-0.25, -0.2) is 17.5 Å². The van der Waals surface area contributed by atoms with Gasteiger partial charge in [0.25, 0.3) is 0 Å². The smallest absolute Gasteiger partial charge is 0.243 e. The normalized spacial score (nSPS) is 14.8. The molecule has 2 aromatic rings. The lowest BCUT2D eigenvalue weighted by Gasteiger charge is -2.31. The molecule has 0 saturated carbocycles. The maximum absolute atomic E-state index is 13.3. The van der Waals surface area contributed by atoms with Crippen LogP contribution in [0.1, 0.15) is 12.0 Å². The fraction of sp³-hybridized carbons (Fsp3) is 0.400. The summed E-state index contributed by atoms with van der Waals surface area (Å²) in [6.45, 7) is 1.67. The molecule has 124 valence electrons. The number of rotatable bonds is 5. The molecular weight excluding hydrogens is 319 g/mol. The number of halogens is 1. The van der Waals surface area contributed by atoms with Crippen molar-refractivity contribution in [3.05, 3.63) is 42.0 Å². The third-order valence-electron chi connectivity index (χ3n) is 3.92. The van der Waals surface area contributed by atoms with Gasteiger partial charge >= 0.3 is 0 Å². The van der Waals surface area contributed by atoms with Crippen LogP contribution in [0.3, 0.4) is 0 Å². The highest BCUT2D eigenvalue weighted by molar-refractivity contribution is 7.89. The summed E-state index contributed by atoms with van der Waals surface area (Å²) in [5, 5.41) is 3.87. The van der Waals surface area contributed by atoms with Gasteiger partial charge in [-0.1, -0.05) is 0 Å². The minimum Gasteiger partial charge on any atom is -0.370 e. The number of anilines is 1. The molecule has 2 heterocycles. The van der Waals surface area contributed by atoms with Gasteiger partial charge in [-0.05, 0) is 36.6 Å². The second-order valence-electron chi connectivity index (χ2n) is 5.61. The van der Waals surface area contributed by atoms with E-state index in [9.17, 15) is 12.8 Å². The Hall–Kier alpha value is -1.93. The van der Waals surface area contributed by atoms with E-state index < -0.39 is 10.0 Å². The molecule has 1 aromatic carbocycles. The fourth-order valence-corrected chi connectivity index (χ4v) is 3.82. The summed E-state index contributed by atoms with van der Waals surface area (Å²) in [7, 11) is -1.87. The van der Waals surface area contributed by atoms with E-state index in [1.165, 1.54) is 23.1 Å². The van der Waals surface area contributed by atoms with Crippen molar-refractivity contribution in [1.82, 2.24) is 14.5 Å². The first-order valence-corrected chi connectivity index (χ1v) is 8.96. The zero-order chi connectivity index (χ0) is 16.4. The zero-order valence-electron chi connectivity index (χ0n) is 12.9. The number of aromatic nitrogens is 2. The average molecular weight is 338 g/mol.